The van der Waals surface area contributed by atoms with Gasteiger partial charge in [0.1, 0.15) is 5.82 Å². The topological polar surface area (TPSA) is 90.1 Å². The normalized spacial score (nSPS) is 16.1. The van der Waals surface area contributed by atoms with Crippen LogP contribution in [0.15, 0.2) is 66.7 Å². The van der Waals surface area contributed by atoms with Crippen LogP contribution in [0.5, 0.6) is 0 Å². The molecule has 1 saturated heterocycles. The van der Waals surface area contributed by atoms with E-state index in [0.29, 0.717) is 35.1 Å². The highest BCUT2D eigenvalue weighted by molar-refractivity contribution is 6.34. The zero-order valence-electron chi connectivity index (χ0n) is 20.3. The first-order chi connectivity index (χ1) is 17.9. The summed E-state index contributed by atoms with van der Waals surface area (Å²) in [7, 11) is 0. The van der Waals surface area contributed by atoms with Crippen LogP contribution in [0.25, 0.3) is 11.0 Å². The largest absolute Gasteiger partial charge is 0.383 e. The molecule has 9 heteroatoms. The van der Waals surface area contributed by atoms with Crippen molar-refractivity contribution in [2.24, 2.45) is 0 Å². The zero-order valence-corrected chi connectivity index (χ0v) is 21.8. The van der Waals surface area contributed by atoms with E-state index in [4.69, 9.17) is 23.2 Å². The minimum Gasteiger partial charge on any atom is -0.383 e. The Morgan fingerprint density at radius 2 is 1.92 bits per heavy atom. The number of likely N-dealkylation sites (tertiary alicyclic amines) is 1. The predicted octanol–water partition coefficient (Wildman–Crippen LogP) is 6.08. The van der Waals surface area contributed by atoms with Gasteiger partial charge in [-0.15, -0.1) is 0 Å². The molecule has 0 aliphatic carbocycles. The van der Waals surface area contributed by atoms with E-state index < -0.39 is 0 Å². The molecule has 0 spiro atoms. The summed E-state index contributed by atoms with van der Waals surface area (Å²) in [5.74, 6) is 0.189. The van der Waals surface area contributed by atoms with Crippen LogP contribution in [0.3, 0.4) is 0 Å². The van der Waals surface area contributed by atoms with Gasteiger partial charge in [-0.2, -0.15) is 0 Å². The molecule has 0 bridgehead atoms. The number of halogens is 2. The predicted molar refractivity (Wildman–Crippen MR) is 147 cm³/mol. The van der Waals surface area contributed by atoms with Crippen LogP contribution < -0.4 is 10.6 Å². The molecule has 1 unspecified atom stereocenters. The molecule has 3 aromatic carbocycles. The highest BCUT2D eigenvalue weighted by Crippen LogP contribution is 2.26. The molecule has 2 atom stereocenters. The molecular weight excluding hydrogens is 509 g/mol. The smallest absolute Gasteiger partial charge is 0.255 e. The van der Waals surface area contributed by atoms with E-state index in [1.807, 2.05) is 48.2 Å². The Kier molecular flexibility index (Phi) is 7.35. The first-order valence-corrected chi connectivity index (χ1v) is 13.0. The van der Waals surface area contributed by atoms with Crippen LogP contribution in [-0.4, -0.2) is 45.8 Å². The summed E-state index contributed by atoms with van der Waals surface area (Å²) in [6.07, 6.45) is 1.87. The van der Waals surface area contributed by atoms with E-state index in [0.717, 1.165) is 29.6 Å². The van der Waals surface area contributed by atoms with Gasteiger partial charge in [-0.25, -0.2) is 4.98 Å². The molecule has 2 heterocycles. The van der Waals surface area contributed by atoms with Crippen molar-refractivity contribution in [3.63, 3.8) is 0 Å². The van der Waals surface area contributed by atoms with E-state index in [1.54, 1.807) is 30.3 Å². The SMILES string of the molecule is CC(NC(=O)c1ccc(C(=O)N2CCC[C@@H]2CNc2ccccc2)c(Cl)c1)c1nc2cc(Cl)ccc2[nH]1. The summed E-state index contributed by atoms with van der Waals surface area (Å²) in [4.78, 5) is 35.9. The molecule has 1 aliphatic heterocycles. The van der Waals surface area contributed by atoms with Gasteiger partial charge in [0.05, 0.1) is 27.7 Å². The van der Waals surface area contributed by atoms with Crippen molar-refractivity contribution in [2.45, 2.75) is 31.8 Å². The summed E-state index contributed by atoms with van der Waals surface area (Å²) in [5, 5.41) is 7.19. The molecule has 190 valence electrons. The third-order valence-electron chi connectivity index (χ3n) is 6.64. The number of carbonyl (C=O) groups excluding carboxylic acids is 2. The quantitative estimate of drug-likeness (QED) is 0.267. The average molecular weight is 536 g/mol. The number of aromatic amines is 1. The number of fused-ring (bicyclic) bond motifs is 1. The van der Waals surface area contributed by atoms with E-state index in [2.05, 4.69) is 20.6 Å². The number of H-pyrrole nitrogens is 1. The maximum absolute atomic E-state index is 13.3. The lowest BCUT2D eigenvalue weighted by atomic mass is 10.1. The number of hydrogen-bond acceptors (Lipinski definition) is 4. The Labute approximate surface area is 225 Å². The van der Waals surface area contributed by atoms with E-state index in [-0.39, 0.29) is 28.9 Å². The minimum absolute atomic E-state index is 0.0753. The number of nitrogens with zero attached hydrogens (tertiary/aromatic N) is 2. The zero-order chi connectivity index (χ0) is 25.9. The fourth-order valence-electron chi connectivity index (χ4n) is 4.64. The molecule has 0 radical (unpaired) electrons. The van der Waals surface area contributed by atoms with Crippen LogP contribution in [0.4, 0.5) is 5.69 Å². The van der Waals surface area contributed by atoms with Crippen LogP contribution in [-0.2, 0) is 0 Å². The van der Waals surface area contributed by atoms with Gasteiger partial charge in [0, 0.05) is 35.4 Å². The average Bonchev–Trinajstić information content (AvgIpc) is 3.54. The molecule has 0 saturated carbocycles. The number of imidazole rings is 1. The molecule has 1 aliphatic rings. The third-order valence-corrected chi connectivity index (χ3v) is 7.18. The molecule has 37 heavy (non-hydrogen) atoms. The van der Waals surface area contributed by atoms with Gasteiger partial charge in [0.15, 0.2) is 0 Å². The van der Waals surface area contributed by atoms with Gasteiger partial charge in [-0.3, -0.25) is 9.59 Å². The van der Waals surface area contributed by atoms with Crippen molar-refractivity contribution in [1.82, 2.24) is 20.2 Å². The van der Waals surface area contributed by atoms with Crippen LogP contribution in [0.2, 0.25) is 10.0 Å². The molecule has 2 amide bonds. The van der Waals surface area contributed by atoms with Crippen molar-refractivity contribution in [3.8, 4) is 0 Å². The molecule has 4 aromatic rings. The molecule has 7 nitrogen and oxygen atoms in total. The number of hydrogen-bond donors (Lipinski definition) is 3. The number of aromatic nitrogens is 2. The van der Waals surface area contributed by atoms with E-state index >= 15 is 0 Å². The molecule has 1 aromatic heterocycles. The summed E-state index contributed by atoms with van der Waals surface area (Å²) in [6.45, 7) is 3.19. The number of para-hydroxylation sites is 1. The van der Waals surface area contributed by atoms with Crippen LogP contribution >= 0.6 is 23.2 Å². The van der Waals surface area contributed by atoms with Gasteiger partial charge in [-0.1, -0.05) is 41.4 Å². The Morgan fingerprint density at radius 3 is 2.70 bits per heavy atom. The van der Waals surface area contributed by atoms with Crippen molar-refractivity contribution >= 4 is 51.7 Å². The lowest BCUT2D eigenvalue weighted by Crippen LogP contribution is -2.39. The lowest BCUT2D eigenvalue weighted by Gasteiger charge is -2.26. The molecule has 5 rings (SSSR count). The lowest BCUT2D eigenvalue weighted by molar-refractivity contribution is 0.0743. The second-order valence-electron chi connectivity index (χ2n) is 9.21. The summed E-state index contributed by atoms with van der Waals surface area (Å²) >= 11 is 12.6. The summed E-state index contributed by atoms with van der Waals surface area (Å²) < 4.78 is 0. The van der Waals surface area contributed by atoms with Gasteiger partial charge in [0.25, 0.3) is 11.8 Å². The molecule has 3 N–H and O–H groups in total. The number of anilines is 1. The third kappa shape index (κ3) is 5.58. The summed E-state index contributed by atoms with van der Waals surface area (Å²) in [5.41, 5.74) is 3.36. The Morgan fingerprint density at radius 1 is 1.11 bits per heavy atom. The fraction of sp³-hybridized carbons (Fsp3) is 0.250. The molecule has 1 fully saturated rings. The van der Waals surface area contributed by atoms with E-state index in [1.165, 1.54) is 0 Å². The van der Waals surface area contributed by atoms with Gasteiger partial charge >= 0.3 is 0 Å². The fourth-order valence-corrected chi connectivity index (χ4v) is 5.07. The van der Waals surface area contributed by atoms with Crippen molar-refractivity contribution < 1.29 is 9.59 Å². The van der Waals surface area contributed by atoms with Crippen LogP contribution in [0.1, 0.15) is 52.3 Å². The van der Waals surface area contributed by atoms with Gasteiger partial charge in [-0.05, 0) is 68.3 Å². The molecular formula is C28H27Cl2N5O2. The summed E-state index contributed by atoms with van der Waals surface area (Å²) in [6, 6.07) is 19.8. The first kappa shape index (κ1) is 25.1. The van der Waals surface area contributed by atoms with Crippen molar-refractivity contribution in [3.05, 3.63) is 93.7 Å². The number of amides is 2. The Hall–Kier alpha value is -3.55. The van der Waals surface area contributed by atoms with E-state index in [9.17, 15) is 9.59 Å². The number of nitrogens with one attached hydrogen (secondary N) is 3. The Bertz CT molecular complexity index is 1440. The highest BCUT2D eigenvalue weighted by Gasteiger charge is 2.30. The second-order valence-corrected chi connectivity index (χ2v) is 10.1. The van der Waals surface area contributed by atoms with Crippen LogP contribution in [0, 0.1) is 0 Å². The maximum Gasteiger partial charge on any atom is 0.255 e. The Balaban J connectivity index is 1.24. The number of rotatable bonds is 7. The second kappa shape index (κ2) is 10.8. The number of carbonyl (C=O) groups is 2. The van der Waals surface area contributed by atoms with Crippen molar-refractivity contribution in [2.75, 3.05) is 18.4 Å². The van der Waals surface area contributed by atoms with Gasteiger partial charge < -0.3 is 20.5 Å². The monoisotopic (exact) mass is 535 g/mol. The maximum atomic E-state index is 13.3. The van der Waals surface area contributed by atoms with Crippen molar-refractivity contribution in [1.29, 1.82) is 0 Å². The minimum atomic E-state index is -0.374. The van der Waals surface area contributed by atoms with Gasteiger partial charge in [0.2, 0.25) is 0 Å². The standard InChI is InChI=1S/C28H27Cl2N5O2/c1-17(26-33-24-12-10-19(29)15-25(24)34-26)32-27(36)18-9-11-22(23(30)14-18)28(37)35-13-5-8-21(35)16-31-20-6-3-2-4-7-20/h2-4,6-7,9-12,14-15,17,21,31H,5,8,13,16H2,1H3,(H,32,36)(H,33,34)/t17?,21-/m1/s1. The first-order valence-electron chi connectivity index (χ1n) is 12.2. The number of benzene rings is 3. The highest BCUT2D eigenvalue weighted by atomic mass is 35.5.